The molecule has 2 atom stereocenters. The maximum Gasteiger partial charge on any atom is 0.337 e. The number of nitro benzene ring substituents is 1. The van der Waals surface area contributed by atoms with E-state index in [1.165, 1.54) is 19.2 Å². The van der Waals surface area contributed by atoms with Crippen molar-refractivity contribution < 1.29 is 24.0 Å². The second-order valence-corrected chi connectivity index (χ2v) is 8.56. The molecule has 4 aliphatic rings. The molecule has 5 rings (SSSR count). The van der Waals surface area contributed by atoms with Crippen LogP contribution < -0.4 is 5.32 Å². The molecule has 1 aromatic carbocycles. The summed E-state index contributed by atoms with van der Waals surface area (Å²) in [4.78, 5) is 39.3. The lowest BCUT2D eigenvalue weighted by atomic mass is 9.80. The van der Waals surface area contributed by atoms with Crippen molar-refractivity contribution in [3.63, 3.8) is 0 Å². The van der Waals surface area contributed by atoms with E-state index in [2.05, 4.69) is 10.2 Å². The van der Waals surface area contributed by atoms with Gasteiger partial charge in [-0.3, -0.25) is 15.0 Å². The van der Waals surface area contributed by atoms with E-state index < -0.39 is 22.8 Å². The summed E-state index contributed by atoms with van der Waals surface area (Å²) in [5, 5.41) is 14.5. The number of benzene rings is 1. The number of allylic oxidation sites excluding steroid dienone is 2. The zero-order valence-electron chi connectivity index (χ0n) is 18.4. The van der Waals surface area contributed by atoms with Crippen molar-refractivity contribution in [1.82, 2.24) is 10.2 Å². The highest BCUT2D eigenvalue weighted by Crippen LogP contribution is 2.41. The largest absolute Gasteiger partial charge is 0.466 e. The molecule has 4 aliphatic heterocycles. The molecule has 0 spiro atoms. The third kappa shape index (κ3) is 4.00. The lowest BCUT2D eigenvalue weighted by molar-refractivity contribution is -0.384. The average molecular weight is 441 g/mol. The number of hydrogen-bond acceptors (Lipinski definition) is 8. The van der Waals surface area contributed by atoms with Crippen LogP contribution >= 0.6 is 0 Å². The number of hydrogen-bond donors (Lipinski definition) is 1. The van der Waals surface area contributed by atoms with Gasteiger partial charge in [-0.05, 0) is 51.3 Å². The molecular formula is C23H27N3O6. The number of esters is 2. The summed E-state index contributed by atoms with van der Waals surface area (Å²) in [6.45, 7) is 6.21. The Morgan fingerprint density at radius 3 is 2.34 bits per heavy atom. The molecule has 1 aromatic rings. The number of ether oxygens (including phenoxy) is 2. The van der Waals surface area contributed by atoms with Gasteiger partial charge in [-0.1, -0.05) is 12.1 Å². The minimum Gasteiger partial charge on any atom is -0.466 e. The van der Waals surface area contributed by atoms with Crippen LogP contribution in [0.4, 0.5) is 5.69 Å². The summed E-state index contributed by atoms with van der Waals surface area (Å²) >= 11 is 0. The number of nitrogens with zero attached hydrogens (tertiary/aromatic N) is 2. The maximum absolute atomic E-state index is 13.5. The van der Waals surface area contributed by atoms with Crippen LogP contribution in [0, 0.1) is 16.0 Å². The normalized spacial score (nSPS) is 27.1. The second-order valence-electron chi connectivity index (χ2n) is 8.56. The van der Waals surface area contributed by atoms with Crippen LogP contribution in [0.1, 0.15) is 38.2 Å². The summed E-state index contributed by atoms with van der Waals surface area (Å²) in [5.74, 6) is -1.63. The third-order valence-corrected chi connectivity index (χ3v) is 6.65. The molecule has 0 amide bonds. The van der Waals surface area contributed by atoms with Gasteiger partial charge in [0.2, 0.25) is 0 Å². The highest BCUT2D eigenvalue weighted by atomic mass is 16.6. The van der Waals surface area contributed by atoms with E-state index in [4.69, 9.17) is 9.47 Å². The van der Waals surface area contributed by atoms with Crippen molar-refractivity contribution >= 4 is 17.6 Å². The van der Waals surface area contributed by atoms with Crippen LogP contribution in [0.5, 0.6) is 0 Å². The smallest absolute Gasteiger partial charge is 0.337 e. The van der Waals surface area contributed by atoms with Crippen LogP contribution in [-0.4, -0.2) is 54.6 Å². The zero-order valence-corrected chi connectivity index (χ0v) is 18.4. The van der Waals surface area contributed by atoms with E-state index in [0.717, 1.165) is 25.9 Å². The number of nitro groups is 1. The first-order valence-corrected chi connectivity index (χ1v) is 10.7. The number of dihydropyridines is 1. The number of carbonyl (C=O) groups excluding carboxylic acids is 2. The van der Waals surface area contributed by atoms with Gasteiger partial charge in [0.05, 0.1) is 29.1 Å². The quantitative estimate of drug-likeness (QED) is 0.422. The monoisotopic (exact) mass is 441 g/mol. The molecule has 170 valence electrons. The van der Waals surface area contributed by atoms with E-state index in [1.807, 2.05) is 0 Å². The second kappa shape index (κ2) is 8.74. The number of piperidine rings is 3. The highest BCUT2D eigenvalue weighted by Gasteiger charge is 2.41. The number of non-ortho nitro benzene ring substituents is 1. The van der Waals surface area contributed by atoms with Crippen molar-refractivity contribution in [3.05, 3.63) is 62.5 Å². The van der Waals surface area contributed by atoms with E-state index in [-0.39, 0.29) is 22.9 Å². The number of rotatable bonds is 5. The molecule has 0 aromatic heterocycles. The highest BCUT2D eigenvalue weighted by molar-refractivity contribution is 6.00. The van der Waals surface area contributed by atoms with Gasteiger partial charge in [-0.15, -0.1) is 0 Å². The standard InChI is InChI=1S/C23H27N3O6/c1-13-19(22(27)31-3)21(16-5-4-6-17(11-16)26(29)30)20(14(2)24-13)23(28)32-18-12-25-9-7-15(18)8-10-25/h4-6,11,15,18,21,24H,7-10,12H2,1-3H3/t18-,21+/m1/s1. The van der Waals surface area contributed by atoms with Gasteiger partial charge in [0.25, 0.3) is 5.69 Å². The first-order chi connectivity index (χ1) is 15.3. The fraction of sp³-hybridized carbons (Fsp3) is 0.478. The van der Waals surface area contributed by atoms with Crippen molar-refractivity contribution in [3.8, 4) is 0 Å². The summed E-state index contributed by atoms with van der Waals surface area (Å²) in [6.07, 6.45) is 1.79. The lowest BCUT2D eigenvalue weighted by Crippen LogP contribution is -2.52. The molecule has 4 heterocycles. The zero-order chi connectivity index (χ0) is 23.0. The third-order valence-electron chi connectivity index (χ3n) is 6.65. The van der Waals surface area contributed by atoms with Crippen LogP contribution in [0.15, 0.2) is 46.8 Å². The Morgan fingerprint density at radius 1 is 1.12 bits per heavy atom. The Bertz CT molecular complexity index is 1020. The number of fused-ring (bicyclic) bond motifs is 3. The van der Waals surface area contributed by atoms with Crippen molar-refractivity contribution in [2.75, 3.05) is 26.7 Å². The number of nitrogens with one attached hydrogen (secondary N) is 1. The SMILES string of the molecule is COC(=O)C1=C(C)NC(C)=C(C(=O)O[C@@H]2CN3CCC2CC3)[C@H]1c1cccc([N+](=O)[O-])c1. The minimum atomic E-state index is -0.836. The Balaban J connectivity index is 1.73. The summed E-state index contributed by atoms with van der Waals surface area (Å²) < 4.78 is 11.0. The molecule has 0 unspecified atom stereocenters. The molecule has 0 saturated carbocycles. The predicted octanol–water partition coefficient (Wildman–Crippen LogP) is 2.64. The van der Waals surface area contributed by atoms with Crippen LogP contribution in [0.3, 0.4) is 0 Å². The van der Waals surface area contributed by atoms with Gasteiger partial charge in [0.1, 0.15) is 6.10 Å². The maximum atomic E-state index is 13.5. The van der Waals surface area contributed by atoms with Gasteiger partial charge >= 0.3 is 11.9 Å². The van der Waals surface area contributed by atoms with Crippen molar-refractivity contribution in [2.24, 2.45) is 5.92 Å². The fourth-order valence-corrected chi connectivity index (χ4v) is 5.04. The van der Waals surface area contributed by atoms with Crippen molar-refractivity contribution in [1.29, 1.82) is 0 Å². The Labute approximate surface area is 186 Å². The van der Waals surface area contributed by atoms with Gasteiger partial charge in [0.15, 0.2) is 0 Å². The first-order valence-electron chi connectivity index (χ1n) is 10.7. The van der Waals surface area contributed by atoms with Gasteiger partial charge < -0.3 is 14.8 Å². The molecule has 9 heteroatoms. The molecule has 3 fully saturated rings. The molecule has 32 heavy (non-hydrogen) atoms. The Hall–Kier alpha value is -3.20. The molecular weight excluding hydrogens is 414 g/mol. The Kier molecular flexibility index (Phi) is 6.01. The average Bonchev–Trinajstić information content (AvgIpc) is 2.78. The number of methoxy groups -OCH3 is 1. The molecule has 0 aliphatic carbocycles. The van der Waals surface area contributed by atoms with Crippen LogP contribution in [-0.2, 0) is 19.1 Å². The summed E-state index contributed by atoms with van der Waals surface area (Å²) in [5.41, 5.74) is 1.93. The van der Waals surface area contributed by atoms with E-state index >= 15 is 0 Å². The van der Waals surface area contributed by atoms with E-state index in [9.17, 15) is 19.7 Å². The molecule has 1 N–H and O–H groups in total. The topological polar surface area (TPSA) is 111 Å². The first kappa shape index (κ1) is 22.0. The molecule has 0 radical (unpaired) electrons. The summed E-state index contributed by atoms with van der Waals surface area (Å²) in [7, 11) is 1.27. The molecule has 2 bridgehead atoms. The molecule has 3 saturated heterocycles. The van der Waals surface area contributed by atoms with Crippen molar-refractivity contribution in [2.45, 2.75) is 38.7 Å². The summed E-state index contributed by atoms with van der Waals surface area (Å²) in [6, 6.07) is 5.99. The number of carbonyl (C=O) groups is 2. The minimum absolute atomic E-state index is 0.120. The van der Waals surface area contributed by atoms with E-state index in [1.54, 1.807) is 26.0 Å². The van der Waals surface area contributed by atoms with Gasteiger partial charge in [-0.2, -0.15) is 0 Å². The van der Waals surface area contributed by atoms with Crippen LogP contribution in [0.25, 0.3) is 0 Å². The van der Waals surface area contributed by atoms with Gasteiger partial charge in [-0.25, -0.2) is 9.59 Å². The predicted molar refractivity (Wildman–Crippen MR) is 115 cm³/mol. The Morgan fingerprint density at radius 2 is 1.78 bits per heavy atom. The van der Waals surface area contributed by atoms with Crippen LogP contribution in [0.2, 0.25) is 0 Å². The molecule has 9 nitrogen and oxygen atoms in total. The lowest BCUT2D eigenvalue weighted by Gasteiger charge is -2.44. The fourth-order valence-electron chi connectivity index (χ4n) is 5.04. The van der Waals surface area contributed by atoms with E-state index in [0.29, 0.717) is 29.4 Å². The van der Waals surface area contributed by atoms with Gasteiger partial charge in [0, 0.05) is 30.1 Å².